The molecule has 36 heavy (non-hydrogen) atoms. The summed E-state index contributed by atoms with van der Waals surface area (Å²) in [6.07, 6.45) is 4.63. The highest BCUT2D eigenvalue weighted by molar-refractivity contribution is 5.77. The third-order valence-corrected chi connectivity index (χ3v) is 6.20. The lowest BCUT2D eigenvalue weighted by molar-refractivity contribution is -0.119. The number of hydrogen-bond acceptors (Lipinski definition) is 7. The minimum absolute atomic E-state index is 0.0116. The van der Waals surface area contributed by atoms with Gasteiger partial charge in [0.1, 0.15) is 22.9 Å². The first-order valence-corrected chi connectivity index (χ1v) is 11.7. The molecule has 0 bridgehead atoms. The number of rotatable bonds is 6. The Morgan fingerprint density at radius 2 is 1.78 bits per heavy atom. The molecule has 1 amide bonds. The molecule has 186 valence electrons. The van der Waals surface area contributed by atoms with Gasteiger partial charge in [-0.05, 0) is 62.1 Å². The average Bonchev–Trinajstić information content (AvgIpc) is 3.20. The molecule has 0 atom stereocenters. The summed E-state index contributed by atoms with van der Waals surface area (Å²) in [4.78, 5) is 25.1. The number of anilines is 4. The molecule has 0 saturated heterocycles. The zero-order valence-corrected chi connectivity index (χ0v) is 19.5. The lowest BCUT2D eigenvalue weighted by atomic mass is 9.91. The first kappa shape index (κ1) is 23.5. The van der Waals surface area contributed by atoms with Crippen LogP contribution in [-0.2, 0) is 4.79 Å². The molecule has 0 unspecified atom stereocenters. The van der Waals surface area contributed by atoms with E-state index in [1.165, 1.54) is 19.1 Å². The molecule has 1 saturated carbocycles. The van der Waals surface area contributed by atoms with Gasteiger partial charge in [0.25, 0.3) is 0 Å². The molecule has 1 aliphatic rings. The number of nitrogens with zero attached hydrogens (tertiary/aromatic N) is 4. The van der Waals surface area contributed by atoms with Gasteiger partial charge >= 0.3 is 0 Å². The van der Waals surface area contributed by atoms with Crippen LogP contribution in [0.5, 0.6) is 5.75 Å². The molecule has 2 aromatic carbocycles. The number of aromatic hydroxyl groups is 1. The van der Waals surface area contributed by atoms with E-state index in [9.17, 15) is 18.7 Å². The van der Waals surface area contributed by atoms with Crippen LogP contribution in [0.15, 0.2) is 48.7 Å². The largest absolute Gasteiger partial charge is 0.508 e. The molecular formula is C25H25F2N7O2. The summed E-state index contributed by atoms with van der Waals surface area (Å²) in [5.41, 5.74) is 1.86. The van der Waals surface area contributed by atoms with Gasteiger partial charge in [0, 0.05) is 30.8 Å². The molecule has 2 aromatic heterocycles. The second-order valence-electron chi connectivity index (χ2n) is 8.83. The quantitative estimate of drug-likeness (QED) is 0.282. The summed E-state index contributed by atoms with van der Waals surface area (Å²) in [6.45, 7) is 1.51. The maximum atomic E-state index is 14.4. The van der Waals surface area contributed by atoms with Crippen molar-refractivity contribution < 1.29 is 18.7 Å². The molecule has 0 aliphatic heterocycles. The molecule has 11 heteroatoms. The van der Waals surface area contributed by atoms with Gasteiger partial charge in [-0.15, -0.1) is 0 Å². The van der Waals surface area contributed by atoms with E-state index in [0.29, 0.717) is 28.7 Å². The Morgan fingerprint density at radius 1 is 1.03 bits per heavy atom. The van der Waals surface area contributed by atoms with Crippen molar-refractivity contribution in [3.8, 4) is 5.75 Å². The fourth-order valence-electron chi connectivity index (χ4n) is 4.54. The second-order valence-corrected chi connectivity index (χ2v) is 8.83. The van der Waals surface area contributed by atoms with Crippen LogP contribution in [-0.4, -0.2) is 36.6 Å². The van der Waals surface area contributed by atoms with Crippen LogP contribution in [0, 0.1) is 11.6 Å². The van der Waals surface area contributed by atoms with Gasteiger partial charge < -0.3 is 21.1 Å². The molecule has 4 N–H and O–H groups in total. The summed E-state index contributed by atoms with van der Waals surface area (Å²) in [7, 11) is 0. The highest BCUT2D eigenvalue weighted by atomic mass is 19.1. The minimum atomic E-state index is -0.733. The zero-order valence-electron chi connectivity index (χ0n) is 19.5. The summed E-state index contributed by atoms with van der Waals surface area (Å²) < 4.78 is 29.8. The topological polar surface area (TPSA) is 117 Å². The van der Waals surface area contributed by atoms with Crippen LogP contribution in [0.4, 0.5) is 32.1 Å². The molecule has 5 rings (SSSR count). The summed E-state index contributed by atoms with van der Waals surface area (Å²) in [6, 6.07) is 9.91. The van der Waals surface area contributed by atoms with Crippen LogP contribution in [0.1, 0.15) is 38.6 Å². The zero-order chi connectivity index (χ0) is 25.2. The van der Waals surface area contributed by atoms with E-state index in [0.717, 1.165) is 31.7 Å². The van der Waals surface area contributed by atoms with Crippen LogP contribution >= 0.6 is 0 Å². The van der Waals surface area contributed by atoms with Crippen molar-refractivity contribution in [1.29, 1.82) is 0 Å². The highest BCUT2D eigenvalue weighted by Crippen LogP contribution is 2.35. The molecular weight excluding hydrogens is 468 g/mol. The number of carbonyl (C=O) groups excluding carboxylic acids is 1. The summed E-state index contributed by atoms with van der Waals surface area (Å²) >= 11 is 0. The lowest BCUT2D eigenvalue weighted by Gasteiger charge is -2.30. The second kappa shape index (κ2) is 9.76. The number of hydrogen-bond donors (Lipinski definition) is 4. The lowest BCUT2D eigenvalue weighted by Crippen LogP contribution is -2.36. The van der Waals surface area contributed by atoms with Gasteiger partial charge in [-0.2, -0.15) is 4.98 Å². The molecule has 1 fully saturated rings. The number of phenols is 1. The number of carbonyl (C=O) groups is 1. The van der Waals surface area contributed by atoms with Gasteiger partial charge in [-0.3, -0.25) is 9.36 Å². The number of halogens is 2. The van der Waals surface area contributed by atoms with Crippen LogP contribution in [0.25, 0.3) is 11.2 Å². The number of amides is 1. The highest BCUT2D eigenvalue weighted by Gasteiger charge is 2.27. The molecule has 4 aromatic rings. The normalized spacial score (nSPS) is 17.6. The summed E-state index contributed by atoms with van der Waals surface area (Å²) in [5, 5.41) is 18.6. The van der Waals surface area contributed by atoms with Gasteiger partial charge in [0.2, 0.25) is 17.8 Å². The predicted octanol–water partition coefficient (Wildman–Crippen LogP) is 4.92. The van der Waals surface area contributed by atoms with E-state index in [4.69, 9.17) is 0 Å². The fraction of sp³-hybridized carbons (Fsp3) is 0.280. The number of nitrogens with one attached hydrogen (secondary N) is 3. The van der Waals surface area contributed by atoms with Crippen LogP contribution in [0.3, 0.4) is 0 Å². The van der Waals surface area contributed by atoms with Crippen LogP contribution < -0.4 is 16.0 Å². The number of imidazole rings is 1. The van der Waals surface area contributed by atoms with E-state index in [1.54, 1.807) is 30.5 Å². The smallest absolute Gasteiger partial charge is 0.229 e. The van der Waals surface area contributed by atoms with Crippen molar-refractivity contribution >= 4 is 40.3 Å². The Morgan fingerprint density at radius 3 is 2.47 bits per heavy atom. The van der Waals surface area contributed by atoms with Crippen molar-refractivity contribution in [1.82, 2.24) is 24.8 Å². The van der Waals surface area contributed by atoms with E-state index in [2.05, 4.69) is 30.9 Å². The number of aromatic nitrogens is 4. The monoisotopic (exact) mass is 493 g/mol. The van der Waals surface area contributed by atoms with Crippen LogP contribution in [0.2, 0.25) is 0 Å². The Balaban J connectivity index is 1.50. The Bertz CT molecular complexity index is 1400. The first-order chi connectivity index (χ1) is 17.4. The van der Waals surface area contributed by atoms with Crippen molar-refractivity contribution in [2.45, 2.75) is 44.7 Å². The third-order valence-electron chi connectivity index (χ3n) is 6.20. The fourth-order valence-corrected chi connectivity index (χ4v) is 4.54. The number of phenolic OH excluding ortho intramolecular Hbond substituents is 1. The Kier molecular flexibility index (Phi) is 6.36. The SMILES string of the molecule is CC(=O)N[C@H]1CC[C@H](n2c(Nc3ccc(F)cc3F)nc3cnc(Nc4ccc(O)cc4)nc32)CC1. The maximum absolute atomic E-state index is 14.4. The average molecular weight is 494 g/mol. The van der Waals surface area contributed by atoms with E-state index in [-0.39, 0.29) is 29.4 Å². The van der Waals surface area contributed by atoms with E-state index in [1.807, 2.05) is 4.57 Å². The molecule has 9 nitrogen and oxygen atoms in total. The van der Waals surface area contributed by atoms with Gasteiger partial charge in [-0.25, -0.2) is 18.7 Å². The molecule has 2 heterocycles. The Hall–Kier alpha value is -4.28. The predicted molar refractivity (Wildman–Crippen MR) is 131 cm³/mol. The van der Waals surface area contributed by atoms with Crippen molar-refractivity contribution in [3.05, 3.63) is 60.3 Å². The first-order valence-electron chi connectivity index (χ1n) is 11.7. The summed E-state index contributed by atoms with van der Waals surface area (Å²) in [5.74, 6) is -0.607. The van der Waals surface area contributed by atoms with E-state index >= 15 is 0 Å². The van der Waals surface area contributed by atoms with Crippen molar-refractivity contribution in [3.63, 3.8) is 0 Å². The number of benzene rings is 2. The van der Waals surface area contributed by atoms with Gasteiger partial charge in [0.05, 0.1) is 11.9 Å². The van der Waals surface area contributed by atoms with Gasteiger partial charge in [-0.1, -0.05) is 0 Å². The minimum Gasteiger partial charge on any atom is -0.508 e. The van der Waals surface area contributed by atoms with Gasteiger partial charge in [0.15, 0.2) is 5.65 Å². The molecule has 0 radical (unpaired) electrons. The third kappa shape index (κ3) is 5.04. The van der Waals surface area contributed by atoms with Crippen molar-refractivity contribution in [2.75, 3.05) is 10.6 Å². The standard InChI is InChI=1S/C25H25F2N7O2/c1-14(35)29-16-3-7-18(8-4-16)34-23-22(32-25(34)31-21-11-2-15(26)12-20(21)27)13-28-24(33-23)30-17-5-9-19(36)10-6-17/h2,5-6,9-13,16,18,36H,3-4,7-8H2,1H3,(H,29,35)(H,31,32)(H,28,30,33)/t16-,18-. The molecule has 1 aliphatic carbocycles. The Labute approximate surface area is 205 Å². The van der Waals surface area contributed by atoms with E-state index < -0.39 is 11.6 Å². The van der Waals surface area contributed by atoms with Crippen molar-refractivity contribution in [2.24, 2.45) is 0 Å². The maximum Gasteiger partial charge on any atom is 0.229 e. The molecule has 0 spiro atoms. The number of fused-ring (bicyclic) bond motifs is 1.